The molecule has 7 nitrogen and oxygen atoms in total. The number of hydrogen-bond acceptors (Lipinski definition) is 8. The second-order valence-electron chi connectivity index (χ2n) is 3.11. The molecule has 0 fully saturated rings. The summed E-state index contributed by atoms with van der Waals surface area (Å²) >= 11 is -0.790. The number of carbonyl (C=O) groups is 2. The van der Waals surface area contributed by atoms with Crippen LogP contribution < -0.4 is 4.74 Å². The van der Waals surface area contributed by atoms with Gasteiger partial charge in [0.25, 0.3) is 0 Å². The third-order valence-electron chi connectivity index (χ3n) is 1.70. The van der Waals surface area contributed by atoms with Crippen molar-refractivity contribution in [1.82, 2.24) is 0 Å². The fraction of sp³-hybridized carbons (Fsp3) is 0.200. The van der Waals surface area contributed by atoms with Crippen molar-refractivity contribution in [1.29, 1.82) is 0 Å². The first-order valence-electron chi connectivity index (χ1n) is 4.92. The maximum Gasteiger partial charge on any atom is 0.415 e. The lowest BCUT2D eigenvalue weighted by Crippen LogP contribution is -2.30. The van der Waals surface area contributed by atoms with Crippen molar-refractivity contribution in [3.63, 3.8) is 0 Å². The molecular weight excluding hydrogens is 302 g/mol. The Balaban J connectivity index is 2.39. The number of hydrogen-bond donors (Lipinski definition) is 1. The van der Waals surface area contributed by atoms with Crippen molar-refractivity contribution in [3.8, 4) is 5.75 Å². The summed E-state index contributed by atoms with van der Waals surface area (Å²) in [6, 6.07) is 7.77. The predicted octanol–water partition coefficient (Wildman–Crippen LogP) is 1.80. The molecule has 0 aliphatic heterocycles. The second-order valence-corrected chi connectivity index (χ2v) is 3.92. The summed E-state index contributed by atoms with van der Waals surface area (Å²) in [5.41, 5.74) is 0. The van der Waals surface area contributed by atoms with Crippen LogP contribution in [0.3, 0.4) is 0 Å². The molecule has 0 radical (unpaired) electrons. The highest BCUT2D eigenvalue weighted by Gasteiger charge is 2.44. The Kier molecular flexibility index (Phi) is 6.31. The maximum absolute atomic E-state index is 12.9. The topological polar surface area (TPSA) is 91.3 Å². The van der Waals surface area contributed by atoms with E-state index in [0.717, 1.165) is 0 Å². The molecular formula is C10H8F2O7S. The average molecular weight is 310 g/mol. The second kappa shape index (κ2) is 7.75. The molecule has 0 aromatic heterocycles. The third kappa shape index (κ3) is 5.48. The summed E-state index contributed by atoms with van der Waals surface area (Å²) in [6.45, 7) is -1.01. The highest BCUT2D eigenvalue weighted by Crippen LogP contribution is 2.31. The van der Waals surface area contributed by atoms with Gasteiger partial charge in [0, 0.05) is 0 Å². The summed E-state index contributed by atoms with van der Waals surface area (Å²) in [7, 11) is 0. The third-order valence-corrected chi connectivity index (χ3v) is 2.21. The van der Waals surface area contributed by atoms with Gasteiger partial charge in [-0.1, -0.05) is 23.2 Å². The van der Waals surface area contributed by atoms with Crippen LogP contribution in [0.2, 0.25) is 0 Å². The minimum atomic E-state index is -4.16. The van der Waals surface area contributed by atoms with Gasteiger partial charge in [-0.05, 0) is 12.1 Å². The van der Waals surface area contributed by atoms with Crippen LogP contribution in [-0.2, 0) is 23.7 Å². The zero-order valence-corrected chi connectivity index (χ0v) is 10.5. The van der Waals surface area contributed by atoms with Crippen molar-refractivity contribution in [2.24, 2.45) is 0 Å². The van der Waals surface area contributed by atoms with Crippen LogP contribution in [0.1, 0.15) is 0 Å². The molecule has 0 spiro atoms. The first kappa shape index (κ1) is 16.3. The molecule has 0 bridgehead atoms. The number of carbonyl (C=O) groups excluding carboxylic acids is 2. The number of halogens is 2. The van der Waals surface area contributed by atoms with Gasteiger partial charge in [0.05, 0.1) is 0 Å². The van der Waals surface area contributed by atoms with Crippen LogP contribution in [0.15, 0.2) is 30.3 Å². The summed E-state index contributed by atoms with van der Waals surface area (Å²) < 4.78 is 38.0. The standard InChI is InChI=1S/C10H8F2O7S/c11-10(12,20-19-18-15)9(14)16-6-8(13)17-7-4-2-1-3-5-7/h1-5,15H,6H2. The van der Waals surface area contributed by atoms with E-state index in [0.29, 0.717) is 0 Å². The van der Waals surface area contributed by atoms with Crippen molar-refractivity contribution in [2.75, 3.05) is 6.61 Å². The predicted molar refractivity (Wildman–Crippen MR) is 60.4 cm³/mol. The molecule has 0 aliphatic rings. The van der Waals surface area contributed by atoms with Gasteiger partial charge >= 0.3 is 17.2 Å². The number of benzene rings is 1. The number of ether oxygens (including phenoxy) is 2. The van der Waals surface area contributed by atoms with Gasteiger partial charge in [-0.3, -0.25) is 0 Å². The van der Waals surface area contributed by atoms with Crippen LogP contribution in [-0.4, -0.2) is 29.1 Å². The van der Waals surface area contributed by atoms with Crippen molar-refractivity contribution < 1.29 is 42.5 Å². The lowest BCUT2D eigenvalue weighted by atomic mass is 10.3. The van der Waals surface area contributed by atoms with Crippen LogP contribution in [0, 0.1) is 0 Å². The van der Waals surface area contributed by atoms with Crippen LogP contribution >= 0.6 is 12.0 Å². The Morgan fingerprint density at radius 3 is 2.50 bits per heavy atom. The fourth-order valence-corrected chi connectivity index (χ4v) is 1.19. The SMILES string of the molecule is O=C(COC(=O)C(F)(F)SOOO)Oc1ccccc1. The lowest BCUT2D eigenvalue weighted by Gasteiger charge is -2.11. The molecule has 1 aromatic rings. The van der Waals surface area contributed by atoms with Gasteiger partial charge in [0.1, 0.15) is 17.8 Å². The molecule has 20 heavy (non-hydrogen) atoms. The molecule has 0 amide bonds. The maximum atomic E-state index is 12.9. The van der Waals surface area contributed by atoms with Gasteiger partial charge in [-0.25, -0.2) is 14.8 Å². The van der Waals surface area contributed by atoms with E-state index in [1.165, 1.54) is 12.1 Å². The molecule has 0 aliphatic carbocycles. The quantitative estimate of drug-likeness (QED) is 0.268. The summed E-state index contributed by atoms with van der Waals surface area (Å²) in [4.78, 5) is 22.1. The van der Waals surface area contributed by atoms with Crippen LogP contribution in [0.25, 0.3) is 0 Å². The van der Waals surface area contributed by atoms with Crippen molar-refractivity contribution >= 4 is 24.0 Å². The number of alkyl halides is 2. The largest absolute Gasteiger partial charge is 0.448 e. The molecule has 0 atom stereocenters. The molecule has 1 rings (SSSR count). The van der Waals surface area contributed by atoms with E-state index in [4.69, 9.17) is 9.99 Å². The molecule has 1 aromatic carbocycles. The summed E-state index contributed by atoms with van der Waals surface area (Å²) in [6.07, 6.45) is 0. The van der Waals surface area contributed by atoms with E-state index in [-0.39, 0.29) is 5.75 Å². The summed E-state index contributed by atoms with van der Waals surface area (Å²) in [5, 5.41) is 6.45. The minimum Gasteiger partial charge on any atom is -0.448 e. The number of rotatable bonds is 7. The van der Waals surface area contributed by atoms with Crippen molar-refractivity contribution in [2.45, 2.75) is 5.25 Å². The normalized spacial score (nSPS) is 10.9. The number of esters is 2. The molecule has 0 unspecified atom stereocenters. The Morgan fingerprint density at radius 1 is 1.25 bits per heavy atom. The molecule has 10 heteroatoms. The zero-order chi connectivity index (χ0) is 15.0. The fourth-order valence-electron chi connectivity index (χ4n) is 0.950. The smallest absolute Gasteiger partial charge is 0.415 e. The van der Waals surface area contributed by atoms with Crippen LogP contribution in [0.4, 0.5) is 8.78 Å². The first-order valence-corrected chi connectivity index (χ1v) is 5.66. The highest BCUT2D eigenvalue weighted by molar-refractivity contribution is 7.96. The Hall–Kier alpha value is -1.75. The molecule has 0 heterocycles. The zero-order valence-electron chi connectivity index (χ0n) is 9.65. The van der Waals surface area contributed by atoms with Gasteiger partial charge in [-0.2, -0.15) is 8.78 Å². The highest BCUT2D eigenvalue weighted by atomic mass is 32.2. The Bertz CT molecular complexity index is 454. The average Bonchev–Trinajstić information content (AvgIpc) is 2.43. The molecule has 0 saturated heterocycles. The Morgan fingerprint density at radius 2 is 1.90 bits per heavy atom. The summed E-state index contributed by atoms with van der Waals surface area (Å²) in [5.74, 6) is -2.92. The molecule has 0 saturated carbocycles. The molecule has 110 valence electrons. The molecule has 1 N–H and O–H groups in total. The van der Waals surface area contributed by atoms with E-state index in [1.807, 2.05) is 0 Å². The first-order chi connectivity index (χ1) is 9.45. The monoisotopic (exact) mass is 310 g/mol. The van der Waals surface area contributed by atoms with Gasteiger partial charge in [-0.15, -0.1) is 4.33 Å². The van der Waals surface area contributed by atoms with E-state index in [2.05, 4.69) is 14.1 Å². The van der Waals surface area contributed by atoms with Gasteiger partial charge in [0.15, 0.2) is 6.61 Å². The van der Waals surface area contributed by atoms with E-state index in [1.54, 1.807) is 18.2 Å². The van der Waals surface area contributed by atoms with E-state index >= 15 is 0 Å². The van der Waals surface area contributed by atoms with Crippen molar-refractivity contribution in [3.05, 3.63) is 30.3 Å². The van der Waals surface area contributed by atoms with Crippen LogP contribution in [0.5, 0.6) is 5.75 Å². The number of para-hydroxylation sites is 1. The van der Waals surface area contributed by atoms with Gasteiger partial charge in [0.2, 0.25) is 0 Å². The Labute approximate surface area is 115 Å². The van der Waals surface area contributed by atoms with E-state index in [9.17, 15) is 18.4 Å². The van der Waals surface area contributed by atoms with E-state index < -0.39 is 35.8 Å². The van der Waals surface area contributed by atoms with Gasteiger partial charge < -0.3 is 9.47 Å². The lowest BCUT2D eigenvalue weighted by molar-refractivity contribution is -0.433. The minimum absolute atomic E-state index is 0.173.